The summed E-state index contributed by atoms with van der Waals surface area (Å²) in [4.78, 5) is 17.6. The first kappa shape index (κ1) is 16.8. The van der Waals surface area contributed by atoms with Crippen LogP contribution in [0.1, 0.15) is 55.1 Å². The van der Waals surface area contributed by atoms with E-state index in [0.29, 0.717) is 30.1 Å². The maximum absolute atomic E-state index is 13.0. The molecule has 0 atom stereocenters. The topological polar surface area (TPSA) is 70.2 Å². The van der Waals surface area contributed by atoms with Crippen LogP contribution >= 0.6 is 0 Å². The molecule has 1 saturated carbocycles. The van der Waals surface area contributed by atoms with Crippen LogP contribution in [0, 0.1) is 5.92 Å². The van der Waals surface area contributed by atoms with Gasteiger partial charge in [0.05, 0.1) is 30.0 Å². The van der Waals surface area contributed by atoms with Crippen molar-refractivity contribution in [1.29, 1.82) is 0 Å². The molecule has 1 fully saturated rings. The number of carbonyl (C=O) groups excluding carboxylic acids is 1. The zero-order valence-electron chi connectivity index (χ0n) is 15.0. The first-order valence-electron chi connectivity index (χ1n) is 9.32. The van der Waals surface area contributed by atoms with E-state index in [1.165, 1.54) is 6.42 Å². The predicted octanol–water partition coefficient (Wildman–Crippen LogP) is 4.23. The lowest BCUT2D eigenvalue weighted by Gasteiger charge is -2.21. The Kier molecular flexibility index (Phi) is 4.73. The molecule has 6 nitrogen and oxygen atoms in total. The molecule has 0 radical (unpaired) electrons. The normalized spacial score (nSPS) is 15.4. The summed E-state index contributed by atoms with van der Waals surface area (Å²) >= 11 is 0. The van der Waals surface area contributed by atoms with Crippen LogP contribution in [0.25, 0.3) is 11.0 Å². The third-order valence-electron chi connectivity index (χ3n) is 5.03. The lowest BCUT2D eigenvalue weighted by molar-refractivity contribution is 0.0885. The summed E-state index contributed by atoms with van der Waals surface area (Å²) in [6.07, 6.45) is 10.4. The minimum Gasteiger partial charge on any atom is -0.492 e. The van der Waals surface area contributed by atoms with Gasteiger partial charge in [0.15, 0.2) is 11.4 Å². The molecule has 3 aromatic heterocycles. The molecule has 1 aliphatic rings. The maximum atomic E-state index is 13.0. The van der Waals surface area contributed by atoms with Gasteiger partial charge in [0.2, 0.25) is 0 Å². The number of Topliss-reactive ketones (excluding diaryl/α,β-unsaturated/α-hetero) is 1. The number of hydrogen-bond acceptors (Lipinski definition) is 5. The summed E-state index contributed by atoms with van der Waals surface area (Å²) in [5, 5.41) is 5.21. The summed E-state index contributed by atoms with van der Waals surface area (Å²) in [6.45, 7) is 2.91. The smallest absolute Gasteiger partial charge is 0.171 e. The van der Waals surface area contributed by atoms with E-state index < -0.39 is 0 Å². The first-order valence-corrected chi connectivity index (χ1v) is 9.32. The molecule has 0 bridgehead atoms. The van der Waals surface area contributed by atoms with Crippen LogP contribution in [-0.2, 0) is 6.54 Å². The van der Waals surface area contributed by atoms with Crippen molar-refractivity contribution >= 4 is 16.8 Å². The average molecular weight is 353 g/mol. The quantitative estimate of drug-likeness (QED) is 0.620. The first-order chi connectivity index (χ1) is 12.8. The van der Waals surface area contributed by atoms with E-state index >= 15 is 0 Å². The number of rotatable bonds is 6. The Bertz CT molecular complexity index is 893. The highest BCUT2D eigenvalue weighted by molar-refractivity contribution is 6.04. The van der Waals surface area contributed by atoms with Gasteiger partial charge in [-0.1, -0.05) is 19.3 Å². The molecule has 3 aromatic rings. The number of furan rings is 1. The molecule has 4 rings (SSSR count). The molecule has 6 heteroatoms. The van der Waals surface area contributed by atoms with Gasteiger partial charge >= 0.3 is 0 Å². The van der Waals surface area contributed by atoms with Crippen LogP contribution < -0.4 is 4.74 Å². The molecule has 136 valence electrons. The summed E-state index contributed by atoms with van der Waals surface area (Å²) < 4.78 is 13.0. The Morgan fingerprint density at radius 1 is 1.31 bits per heavy atom. The standard InChI is InChI=1S/C20H23N3O3/c1-2-25-19-16(18(24)14-7-4-3-5-8-14)11-21-20-17(19)12-22-23(20)13-15-9-6-10-26-15/h6,9-12,14H,2-5,7-8,13H2,1H3. The Balaban J connectivity index is 1.72. The second-order valence-electron chi connectivity index (χ2n) is 6.75. The van der Waals surface area contributed by atoms with Crippen molar-refractivity contribution in [3.63, 3.8) is 0 Å². The number of ether oxygens (including phenoxy) is 1. The third-order valence-corrected chi connectivity index (χ3v) is 5.03. The van der Waals surface area contributed by atoms with E-state index in [9.17, 15) is 4.79 Å². The largest absolute Gasteiger partial charge is 0.492 e. The van der Waals surface area contributed by atoms with E-state index in [4.69, 9.17) is 9.15 Å². The second-order valence-corrected chi connectivity index (χ2v) is 6.75. The minimum atomic E-state index is 0.0837. The van der Waals surface area contributed by atoms with Gasteiger partial charge in [-0.15, -0.1) is 0 Å². The van der Waals surface area contributed by atoms with E-state index in [2.05, 4.69) is 10.1 Å². The van der Waals surface area contributed by atoms with Crippen molar-refractivity contribution < 1.29 is 13.9 Å². The Hall–Kier alpha value is -2.63. The molecule has 0 unspecified atom stereocenters. The highest BCUT2D eigenvalue weighted by Gasteiger charge is 2.27. The zero-order valence-corrected chi connectivity index (χ0v) is 15.0. The van der Waals surface area contributed by atoms with Crippen molar-refractivity contribution in [2.24, 2.45) is 5.92 Å². The molecule has 0 amide bonds. The lowest BCUT2D eigenvalue weighted by Crippen LogP contribution is -2.19. The summed E-state index contributed by atoms with van der Waals surface area (Å²) in [6, 6.07) is 3.75. The van der Waals surface area contributed by atoms with Crippen molar-refractivity contribution in [2.45, 2.75) is 45.6 Å². The van der Waals surface area contributed by atoms with E-state index in [0.717, 1.165) is 36.8 Å². The van der Waals surface area contributed by atoms with E-state index in [1.807, 2.05) is 19.1 Å². The molecule has 0 spiro atoms. The highest BCUT2D eigenvalue weighted by atomic mass is 16.5. The molecular weight excluding hydrogens is 330 g/mol. The maximum Gasteiger partial charge on any atom is 0.171 e. The molecule has 0 saturated heterocycles. The van der Waals surface area contributed by atoms with Gasteiger partial charge in [-0.25, -0.2) is 9.67 Å². The molecular formula is C20H23N3O3. The van der Waals surface area contributed by atoms with E-state index in [1.54, 1.807) is 23.3 Å². The van der Waals surface area contributed by atoms with Gasteiger partial charge in [0.25, 0.3) is 0 Å². The number of hydrogen-bond donors (Lipinski definition) is 0. The van der Waals surface area contributed by atoms with E-state index in [-0.39, 0.29) is 11.7 Å². The SMILES string of the molecule is CCOc1c(C(=O)C2CCCCC2)cnc2c1cnn2Cc1ccco1. The Morgan fingerprint density at radius 3 is 2.88 bits per heavy atom. The molecule has 1 aliphatic carbocycles. The molecule has 0 aliphatic heterocycles. The number of pyridine rings is 1. The van der Waals surface area contributed by atoms with Crippen molar-refractivity contribution in [2.75, 3.05) is 6.61 Å². The summed E-state index contributed by atoms with van der Waals surface area (Å²) in [5.74, 6) is 1.65. The monoisotopic (exact) mass is 353 g/mol. The van der Waals surface area contributed by atoms with Gasteiger partial charge < -0.3 is 9.15 Å². The van der Waals surface area contributed by atoms with Gasteiger partial charge in [-0.3, -0.25) is 4.79 Å². The zero-order chi connectivity index (χ0) is 17.9. The molecule has 3 heterocycles. The minimum absolute atomic E-state index is 0.0837. The van der Waals surface area contributed by atoms with Crippen molar-refractivity contribution in [3.8, 4) is 5.75 Å². The van der Waals surface area contributed by atoms with Gasteiger partial charge in [-0.2, -0.15) is 5.10 Å². The van der Waals surface area contributed by atoms with Crippen LogP contribution in [0.15, 0.2) is 35.2 Å². The van der Waals surface area contributed by atoms with Crippen LogP contribution in [0.5, 0.6) is 5.75 Å². The number of fused-ring (bicyclic) bond motifs is 1. The van der Waals surface area contributed by atoms with Crippen LogP contribution in [0.3, 0.4) is 0 Å². The molecule has 0 N–H and O–H groups in total. The number of nitrogens with zero attached hydrogens (tertiary/aromatic N) is 3. The fourth-order valence-corrected chi connectivity index (χ4v) is 3.73. The summed E-state index contributed by atoms with van der Waals surface area (Å²) in [5.41, 5.74) is 1.29. The van der Waals surface area contributed by atoms with Crippen LogP contribution in [0.2, 0.25) is 0 Å². The Labute approximate surface area is 152 Å². The third kappa shape index (κ3) is 3.11. The number of aromatic nitrogens is 3. The Morgan fingerprint density at radius 2 is 2.15 bits per heavy atom. The van der Waals surface area contributed by atoms with Gasteiger partial charge in [0, 0.05) is 12.1 Å². The van der Waals surface area contributed by atoms with Gasteiger partial charge in [-0.05, 0) is 31.9 Å². The molecule has 0 aromatic carbocycles. The number of ketones is 1. The predicted molar refractivity (Wildman–Crippen MR) is 97.4 cm³/mol. The fourth-order valence-electron chi connectivity index (χ4n) is 3.73. The average Bonchev–Trinajstić information content (AvgIpc) is 3.33. The van der Waals surface area contributed by atoms with Crippen molar-refractivity contribution in [1.82, 2.24) is 14.8 Å². The molecule has 26 heavy (non-hydrogen) atoms. The fraction of sp³-hybridized carbons (Fsp3) is 0.450. The van der Waals surface area contributed by atoms with Crippen LogP contribution in [0.4, 0.5) is 0 Å². The highest BCUT2D eigenvalue weighted by Crippen LogP contribution is 2.34. The second kappa shape index (κ2) is 7.32. The van der Waals surface area contributed by atoms with Crippen molar-refractivity contribution in [3.05, 3.63) is 42.1 Å². The van der Waals surface area contributed by atoms with Gasteiger partial charge in [0.1, 0.15) is 18.1 Å². The summed E-state index contributed by atoms with van der Waals surface area (Å²) in [7, 11) is 0. The number of carbonyl (C=O) groups is 1. The van der Waals surface area contributed by atoms with Crippen LogP contribution in [-0.4, -0.2) is 27.2 Å². The lowest BCUT2D eigenvalue weighted by atomic mass is 9.84.